The molecule has 82 valence electrons. The van der Waals surface area contributed by atoms with E-state index in [9.17, 15) is 0 Å². The maximum absolute atomic E-state index is 3.34. The van der Waals surface area contributed by atoms with Crippen LogP contribution >= 0.6 is 0 Å². The lowest BCUT2D eigenvalue weighted by Gasteiger charge is -2.28. The van der Waals surface area contributed by atoms with Gasteiger partial charge in [0.25, 0.3) is 0 Å². The van der Waals surface area contributed by atoms with E-state index < -0.39 is 0 Å². The molecule has 0 unspecified atom stereocenters. The molecule has 0 atom stereocenters. The Bertz CT molecular complexity index is 148. The summed E-state index contributed by atoms with van der Waals surface area (Å²) in [7, 11) is 0. The van der Waals surface area contributed by atoms with Gasteiger partial charge in [-0.15, -0.1) is 0 Å². The Kier molecular flexibility index (Phi) is 4.26. The third-order valence-corrected chi connectivity index (χ3v) is 3.65. The minimum Gasteiger partial charge on any atom is -0.316 e. The monoisotopic (exact) mass is 196 g/mol. The Balaban J connectivity index is 1.45. The van der Waals surface area contributed by atoms with Crippen LogP contribution in [0.3, 0.4) is 0 Å². The van der Waals surface area contributed by atoms with Crippen molar-refractivity contribution in [2.45, 2.75) is 38.5 Å². The van der Waals surface area contributed by atoms with Crippen LogP contribution in [0.5, 0.6) is 0 Å². The summed E-state index contributed by atoms with van der Waals surface area (Å²) in [5, 5.41) is 3.34. The van der Waals surface area contributed by atoms with Gasteiger partial charge in [-0.3, -0.25) is 0 Å². The van der Waals surface area contributed by atoms with Crippen LogP contribution in [0.4, 0.5) is 0 Å². The number of hydrogen-bond donors (Lipinski definition) is 1. The van der Waals surface area contributed by atoms with E-state index in [4.69, 9.17) is 0 Å². The molecule has 0 spiro atoms. The van der Waals surface area contributed by atoms with Crippen LogP contribution in [0, 0.1) is 5.92 Å². The maximum atomic E-state index is 3.34. The molecule has 2 rings (SSSR count). The molecule has 0 radical (unpaired) electrons. The highest BCUT2D eigenvalue weighted by atomic mass is 15.1. The summed E-state index contributed by atoms with van der Waals surface area (Å²) < 4.78 is 0. The van der Waals surface area contributed by atoms with Crippen molar-refractivity contribution in [3.05, 3.63) is 0 Å². The van der Waals surface area contributed by atoms with Crippen molar-refractivity contribution in [2.75, 3.05) is 32.7 Å². The van der Waals surface area contributed by atoms with E-state index in [2.05, 4.69) is 10.2 Å². The molecule has 0 saturated carbocycles. The van der Waals surface area contributed by atoms with Gasteiger partial charge in [-0.1, -0.05) is 12.8 Å². The number of unbranched alkanes of at least 4 members (excludes halogenated alkanes) is 1. The van der Waals surface area contributed by atoms with Gasteiger partial charge in [0.15, 0.2) is 0 Å². The largest absolute Gasteiger partial charge is 0.316 e. The van der Waals surface area contributed by atoms with Gasteiger partial charge in [-0.2, -0.15) is 0 Å². The van der Waals surface area contributed by atoms with Crippen LogP contribution in [0.15, 0.2) is 0 Å². The molecule has 2 heteroatoms. The number of piperidine rings is 1. The highest BCUT2D eigenvalue weighted by Crippen LogP contribution is 2.14. The predicted octanol–water partition coefficient (Wildman–Crippen LogP) is 1.86. The van der Waals surface area contributed by atoms with Gasteiger partial charge >= 0.3 is 0 Å². The lowest BCUT2D eigenvalue weighted by molar-refractivity contribution is 0.219. The Morgan fingerprint density at radius 3 is 2.43 bits per heavy atom. The van der Waals surface area contributed by atoms with Gasteiger partial charge in [0.05, 0.1) is 0 Å². The average molecular weight is 196 g/mol. The highest BCUT2D eigenvalue weighted by molar-refractivity contribution is 4.74. The van der Waals surface area contributed by atoms with Crippen LogP contribution in [0.2, 0.25) is 0 Å². The van der Waals surface area contributed by atoms with Crippen LogP contribution < -0.4 is 5.32 Å². The molecular weight excluding hydrogens is 172 g/mol. The zero-order chi connectivity index (χ0) is 9.64. The van der Waals surface area contributed by atoms with Crippen molar-refractivity contribution in [3.63, 3.8) is 0 Å². The predicted molar refractivity (Wildman–Crippen MR) is 60.5 cm³/mol. The quantitative estimate of drug-likeness (QED) is 0.675. The van der Waals surface area contributed by atoms with Crippen LogP contribution in [-0.4, -0.2) is 37.6 Å². The zero-order valence-corrected chi connectivity index (χ0v) is 9.30. The fourth-order valence-corrected chi connectivity index (χ4v) is 2.50. The first-order chi connectivity index (χ1) is 6.95. The lowest BCUT2D eigenvalue weighted by Crippen LogP contribution is -2.41. The first-order valence-electron chi connectivity index (χ1n) is 6.38. The molecule has 2 saturated heterocycles. The topological polar surface area (TPSA) is 15.3 Å². The molecule has 2 aliphatic heterocycles. The molecule has 2 nitrogen and oxygen atoms in total. The summed E-state index contributed by atoms with van der Waals surface area (Å²) in [6.45, 7) is 6.66. The van der Waals surface area contributed by atoms with Gasteiger partial charge in [0.1, 0.15) is 0 Å². The van der Waals surface area contributed by atoms with Crippen molar-refractivity contribution in [1.29, 1.82) is 0 Å². The fourth-order valence-electron chi connectivity index (χ4n) is 2.50. The third-order valence-electron chi connectivity index (χ3n) is 3.65. The second kappa shape index (κ2) is 5.72. The third kappa shape index (κ3) is 3.25. The van der Waals surface area contributed by atoms with E-state index in [-0.39, 0.29) is 0 Å². The molecule has 1 N–H and O–H groups in total. The van der Waals surface area contributed by atoms with Crippen LogP contribution in [0.1, 0.15) is 38.5 Å². The van der Waals surface area contributed by atoms with Crippen LogP contribution in [-0.2, 0) is 0 Å². The average Bonchev–Trinajstić information content (AvgIpc) is 2.16. The second-order valence-corrected chi connectivity index (χ2v) is 4.92. The van der Waals surface area contributed by atoms with E-state index in [1.165, 1.54) is 71.2 Å². The molecule has 2 fully saturated rings. The first-order valence-corrected chi connectivity index (χ1v) is 6.38. The van der Waals surface area contributed by atoms with Gasteiger partial charge in [0.2, 0.25) is 0 Å². The number of likely N-dealkylation sites (tertiary alicyclic amines) is 1. The molecular formula is C12H24N2. The minimum absolute atomic E-state index is 1.01. The van der Waals surface area contributed by atoms with Gasteiger partial charge < -0.3 is 10.2 Å². The number of hydrogen-bond acceptors (Lipinski definition) is 2. The van der Waals surface area contributed by atoms with Crippen LogP contribution in [0.25, 0.3) is 0 Å². The maximum Gasteiger partial charge on any atom is -0.000826 e. The molecule has 14 heavy (non-hydrogen) atoms. The molecule has 0 aromatic rings. The molecule has 0 aromatic carbocycles. The van der Waals surface area contributed by atoms with Gasteiger partial charge in [-0.05, 0) is 64.3 Å². The first kappa shape index (κ1) is 10.4. The lowest BCUT2D eigenvalue weighted by atomic mass is 9.96. The van der Waals surface area contributed by atoms with E-state index in [1.54, 1.807) is 0 Å². The van der Waals surface area contributed by atoms with E-state index >= 15 is 0 Å². The van der Waals surface area contributed by atoms with Crippen molar-refractivity contribution in [1.82, 2.24) is 10.2 Å². The standard InChI is InChI=1S/C12H24N2/c1-3-7-14(8-4-1)9-5-2-6-12-10-13-11-12/h12-13H,1-11H2. The molecule has 0 aromatic heterocycles. The molecule has 2 aliphatic rings. The minimum atomic E-state index is 1.01. The summed E-state index contributed by atoms with van der Waals surface area (Å²) in [5.41, 5.74) is 0. The summed E-state index contributed by atoms with van der Waals surface area (Å²) in [4.78, 5) is 2.66. The molecule has 0 amide bonds. The summed E-state index contributed by atoms with van der Waals surface area (Å²) in [6.07, 6.45) is 8.67. The normalized spacial score (nSPS) is 24.9. The SMILES string of the molecule is C1CCN(CCCCC2CNC2)CC1. The fraction of sp³-hybridized carbons (Fsp3) is 1.00. The Labute approximate surface area is 88.1 Å². The molecule has 0 bridgehead atoms. The zero-order valence-electron chi connectivity index (χ0n) is 9.30. The van der Waals surface area contributed by atoms with E-state index in [0.717, 1.165) is 5.92 Å². The van der Waals surface area contributed by atoms with Crippen molar-refractivity contribution in [2.24, 2.45) is 5.92 Å². The van der Waals surface area contributed by atoms with Crippen molar-refractivity contribution in [3.8, 4) is 0 Å². The highest BCUT2D eigenvalue weighted by Gasteiger charge is 2.16. The number of nitrogens with one attached hydrogen (secondary N) is 1. The van der Waals surface area contributed by atoms with E-state index in [1.807, 2.05) is 0 Å². The Morgan fingerprint density at radius 2 is 1.79 bits per heavy atom. The van der Waals surface area contributed by atoms with Crippen molar-refractivity contribution >= 4 is 0 Å². The Hall–Kier alpha value is -0.0800. The smallest absolute Gasteiger partial charge is 0.000826 e. The summed E-state index contributed by atoms with van der Waals surface area (Å²) in [6, 6.07) is 0. The van der Waals surface area contributed by atoms with Gasteiger partial charge in [-0.25, -0.2) is 0 Å². The molecule has 0 aliphatic carbocycles. The number of nitrogens with zero attached hydrogens (tertiary/aromatic N) is 1. The Morgan fingerprint density at radius 1 is 1.00 bits per heavy atom. The van der Waals surface area contributed by atoms with Crippen molar-refractivity contribution < 1.29 is 0 Å². The summed E-state index contributed by atoms with van der Waals surface area (Å²) in [5.74, 6) is 1.01. The second-order valence-electron chi connectivity index (χ2n) is 4.92. The van der Waals surface area contributed by atoms with E-state index in [0.29, 0.717) is 0 Å². The van der Waals surface area contributed by atoms with Gasteiger partial charge in [0, 0.05) is 0 Å². The summed E-state index contributed by atoms with van der Waals surface area (Å²) >= 11 is 0. The molecule has 2 heterocycles. The number of rotatable bonds is 5.